The maximum absolute atomic E-state index is 11.5. The molecule has 1 aromatic rings. The van der Waals surface area contributed by atoms with Gasteiger partial charge in [-0.25, -0.2) is 8.42 Å². The van der Waals surface area contributed by atoms with Gasteiger partial charge >= 0.3 is 0 Å². The van der Waals surface area contributed by atoms with Crippen molar-refractivity contribution in [1.29, 1.82) is 0 Å². The zero-order chi connectivity index (χ0) is 10.8. The highest BCUT2D eigenvalue weighted by molar-refractivity contribution is 7.89. The molecule has 0 amide bonds. The van der Waals surface area contributed by atoms with Gasteiger partial charge in [0.1, 0.15) is 4.90 Å². The fourth-order valence-corrected chi connectivity index (χ4v) is 1.94. The van der Waals surface area contributed by atoms with Crippen LogP contribution in [0, 0.1) is 12.3 Å². The molecule has 0 atom stereocenters. The number of rotatable bonds is 3. The summed E-state index contributed by atoms with van der Waals surface area (Å²) in [6, 6.07) is 0. The Balaban J connectivity index is 3.05. The standard InChI is InChI=1S/C7H10N4O2S/c1-3-4-9-14(12,13)6-5-11(2)10-7(6)8/h1,5,9H,4H2,2H3,(H2,8,10). The summed E-state index contributed by atoms with van der Waals surface area (Å²) in [5.74, 6) is 2.12. The van der Waals surface area contributed by atoms with Crippen molar-refractivity contribution in [1.82, 2.24) is 14.5 Å². The van der Waals surface area contributed by atoms with Crippen LogP contribution in [0.5, 0.6) is 0 Å². The number of nitrogens with two attached hydrogens (primary N) is 1. The van der Waals surface area contributed by atoms with Gasteiger partial charge in [0.05, 0.1) is 6.54 Å². The van der Waals surface area contributed by atoms with E-state index >= 15 is 0 Å². The van der Waals surface area contributed by atoms with E-state index in [1.54, 1.807) is 7.05 Å². The number of terminal acetylenes is 1. The third kappa shape index (κ3) is 2.04. The van der Waals surface area contributed by atoms with Crippen LogP contribution in [-0.2, 0) is 17.1 Å². The number of anilines is 1. The number of hydrogen-bond donors (Lipinski definition) is 2. The Morgan fingerprint density at radius 2 is 2.43 bits per heavy atom. The van der Waals surface area contributed by atoms with Gasteiger partial charge < -0.3 is 5.73 Å². The number of nitrogens with one attached hydrogen (secondary N) is 1. The summed E-state index contributed by atoms with van der Waals surface area (Å²) in [4.78, 5) is -0.0600. The second kappa shape index (κ2) is 3.69. The highest BCUT2D eigenvalue weighted by Crippen LogP contribution is 2.14. The second-order valence-electron chi connectivity index (χ2n) is 2.58. The molecular weight excluding hydrogens is 204 g/mol. The molecule has 0 fully saturated rings. The van der Waals surface area contributed by atoms with Crippen molar-refractivity contribution >= 4 is 15.8 Å². The Kier molecular flexibility index (Phi) is 2.78. The van der Waals surface area contributed by atoms with Crippen molar-refractivity contribution < 1.29 is 8.42 Å². The number of sulfonamides is 1. The third-order valence-electron chi connectivity index (χ3n) is 1.48. The van der Waals surface area contributed by atoms with Crippen molar-refractivity contribution in [3.8, 4) is 12.3 Å². The summed E-state index contributed by atoms with van der Waals surface area (Å²) in [5.41, 5.74) is 5.40. The lowest BCUT2D eigenvalue weighted by Gasteiger charge is -2.00. The molecule has 76 valence electrons. The van der Waals surface area contributed by atoms with Crippen molar-refractivity contribution in [2.24, 2.45) is 7.05 Å². The van der Waals surface area contributed by atoms with Gasteiger partial charge in [-0.3, -0.25) is 4.68 Å². The van der Waals surface area contributed by atoms with E-state index < -0.39 is 10.0 Å². The van der Waals surface area contributed by atoms with Gasteiger partial charge in [0.2, 0.25) is 10.0 Å². The van der Waals surface area contributed by atoms with Gasteiger partial charge in [-0.05, 0) is 0 Å². The zero-order valence-corrected chi connectivity index (χ0v) is 8.37. The smallest absolute Gasteiger partial charge is 0.246 e. The van der Waals surface area contributed by atoms with Crippen LogP contribution >= 0.6 is 0 Å². The molecule has 0 unspecified atom stereocenters. The molecule has 1 heterocycles. The molecule has 7 heteroatoms. The first-order chi connectivity index (χ1) is 6.47. The molecule has 0 aliphatic heterocycles. The Morgan fingerprint density at radius 1 is 1.79 bits per heavy atom. The number of aromatic nitrogens is 2. The monoisotopic (exact) mass is 214 g/mol. The van der Waals surface area contributed by atoms with E-state index in [1.165, 1.54) is 10.9 Å². The molecule has 0 saturated carbocycles. The molecule has 0 saturated heterocycles. The highest BCUT2D eigenvalue weighted by Gasteiger charge is 2.19. The average Bonchev–Trinajstić information content (AvgIpc) is 2.42. The predicted octanol–water partition coefficient (Wildman–Crippen LogP) is -1.09. The van der Waals surface area contributed by atoms with Crippen LogP contribution in [0.4, 0.5) is 5.82 Å². The van der Waals surface area contributed by atoms with E-state index in [2.05, 4.69) is 15.7 Å². The molecule has 1 aromatic heterocycles. The maximum Gasteiger partial charge on any atom is 0.246 e. The minimum absolute atomic E-state index is 0.0444. The highest BCUT2D eigenvalue weighted by atomic mass is 32.2. The molecule has 0 bridgehead atoms. The quantitative estimate of drug-likeness (QED) is 0.626. The lowest BCUT2D eigenvalue weighted by Crippen LogP contribution is -2.24. The van der Waals surface area contributed by atoms with E-state index in [1.807, 2.05) is 0 Å². The van der Waals surface area contributed by atoms with Crippen LogP contribution in [0.3, 0.4) is 0 Å². The topological polar surface area (TPSA) is 90.0 Å². The van der Waals surface area contributed by atoms with E-state index in [0.717, 1.165) is 0 Å². The van der Waals surface area contributed by atoms with E-state index in [9.17, 15) is 8.42 Å². The van der Waals surface area contributed by atoms with Gasteiger partial charge in [0.15, 0.2) is 5.82 Å². The summed E-state index contributed by atoms with van der Waals surface area (Å²) in [7, 11) is -2.05. The summed E-state index contributed by atoms with van der Waals surface area (Å²) in [6.07, 6.45) is 6.24. The Hall–Kier alpha value is -1.52. The van der Waals surface area contributed by atoms with Gasteiger partial charge in [-0.2, -0.15) is 9.82 Å². The SMILES string of the molecule is C#CCNS(=O)(=O)c1cn(C)nc1N. The molecule has 0 aromatic carbocycles. The minimum atomic E-state index is -3.63. The average molecular weight is 214 g/mol. The number of nitrogen functional groups attached to an aromatic ring is 1. The number of nitrogens with zero attached hydrogens (tertiary/aromatic N) is 2. The van der Waals surface area contributed by atoms with Crippen LogP contribution in [0.25, 0.3) is 0 Å². The molecule has 14 heavy (non-hydrogen) atoms. The molecule has 0 spiro atoms. The largest absolute Gasteiger partial charge is 0.381 e. The molecule has 3 N–H and O–H groups in total. The summed E-state index contributed by atoms with van der Waals surface area (Å²) in [6.45, 7) is -0.0728. The molecule has 0 radical (unpaired) electrons. The zero-order valence-electron chi connectivity index (χ0n) is 7.56. The van der Waals surface area contributed by atoms with Crippen molar-refractivity contribution in [2.45, 2.75) is 4.90 Å². The normalized spacial score (nSPS) is 11.1. The van der Waals surface area contributed by atoms with Crippen molar-refractivity contribution in [2.75, 3.05) is 12.3 Å². The second-order valence-corrected chi connectivity index (χ2v) is 4.32. The van der Waals surface area contributed by atoms with E-state index in [4.69, 9.17) is 12.2 Å². The lowest BCUT2D eigenvalue weighted by molar-refractivity contribution is 0.586. The predicted molar refractivity (Wildman–Crippen MR) is 51.6 cm³/mol. The van der Waals surface area contributed by atoms with Crippen molar-refractivity contribution in [3.05, 3.63) is 6.20 Å². The van der Waals surface area contributed by atoms with Gasteiger partial charge in [0.25, 0.3) is 0 Å². The Bertz CT molecular complexity index is 468. The minimum Gasteiger partial charge on any atom is -0.381 e. The number of hydrogen-bond acceptors (Lipinski definition) is 4. The first kappa shape index (κ1) is 10.6. The molecule has 0 aliphatic carbocycles. The van der Waals surface area contributed by atoms with Crippen LogP contribution < -0.4 is 10.5 Å². The maximum atomic E-state index is 11.5. The third-order valence-corrected chi connectivity index (χ3v) is 2.89. The molecular formula is C7H10N4O2S. The molecule has 1 rings (SSSR count). The van der Waals surface area contributed by atoms with Crippen LogP contribution in [0.15, 0.2) is 11.1 Å². The van der Waals surface area contributed by atoms with Crippen LogP contribution in [0.1, 0.15) is 0 Å². The summed E-state index contributed by atoms with van der Waals surface area (Å²) < 4.78 is 26.5. The summed E-state index contributed by atoms with van der Waals surface area (Å²) >= 11 is 0. The first-order valence-corrected chi connectivity index (χ1v) is 5.18. The lowest BCUT2D eigenvalue weighted by atomic mass is 10.7. The Morgan fingerprint density at radius 3 is 2.86 bits per heavy atom. The van der Waals surface area contributed by atoms with Crippen LogP contribution in [-0.4, -0.2) is 24.7 Å². The van der Waals surface area contributed by atoms with E-state index in [0.29, 0.717) is 0 Å². The number of aryl methyl sites for hydroxylation is 1. The Labute approximate surface area is 82.1 Å². The van der Waals surface area contributed by atoms with Crippen molar-refractivity contribution in [3.63, 3.8) is 0 Å². The summed E-state index contributed by atoms with van der Waals surface area (Å²) in [5, 5.41) is 3.71. The first-order valence-electron chi connectivity index (χ1n) is 3.69. The van der Waals surface area contributed by atoms with Gasteiger partial charge in [-0.15, -0.1) is 6.42 Å². The van der Waals surface area contributed by atoms with Gasteiger partial charge in [-0.1, -0.05) is 5.92 Å². The van der Waals surface area contributed by atoms with Crippen LogP contribution in [0.2, 0.25) is 0 Å². The van der Waals surface area contributed by atoms with Gasteiger partial charge in [0, 0.05) is 13.2 Å². The fraction of sp³-hybridized carbons (Fsp3) is 0.286. The fourth-order valence-electron chi connectivity index (χ4n) is 0.905. The molecule has 0 aliphatic rings. The molecule has 6 nitrogen and oxygen atoms in total. The van der Waals surface area contributed by atoms with E-state index in [-0.39, 0.29) is 17.3 Å².